The number of hydrogen-bond acceptors (Lipinski definition) is 3. The molecular weight excluding hydrogens is 295 g/mol. The fourth-order valence-electron chi connectivity index (χ4n) is 2.50. The summed E-state index contributed by atoms with van der Waals surface area (Å²) < 4.78 is 17.4. The summed E-state index contributed by atoms with van der Waals surface area (Å²) in [6, 6.07) is 0. The maximum Gasteiger partial charge on any atom is 0.313 e. The van der Waals surface area contributed by atoms with Gasteiger partial charge in [0, 0.05) is 0 Å². The molecule has 0 aliphatic rings. The Kier molecular flexibility index (Phi) is 14.1. The van der Waals surface area contributed by atoms with Crippen molar-refractivity contribution in [3.63, 3.8) is 0 Å². The highest BCUT2D eigenvalue weighted by molar-refractivity contribution is 7.64. The van der Waals surface area contributed by atoms with Crippen molar-refractivity contribution < 1.29 is 14.1 Å². The Labute approximate surface area is 138 Å². The van der Waals surface area contributed by atoms with Gasteiger partial charge in [0.25, 0.3) is 0 Å². The monoisotopic (exact) mass is 332 g/mol. The van der Waals surface area contributed by atoms with E-state index in [0.29, 0.717) is 18.9 Å². The van der Waals surface area contributed by atoms with E-state index in [2.05, 4.69) is 6.92 Å². The first-order valence-electron chi connectivity index (χ1n) is 9.30. The van der Waals surface area contributed by atoms with E-state index < -0.39 is 7.14 Å². The number of hydrogen-bond donors (Lipinski definition) is 0. The van der Waals surface area contributed by atoms with E-state index in [-0.39, 0.29) is 12.1 Å². The average molecular weight is 332 g/mol. The van der Waals surface area contributed by atoms with Gasteiger partial charge in [-0.3, -0.25) is 4.79 Å². The summed E-state index contributed by atoms with van der Waals surface area (Å²) >= 11 is 0. The lowest BCUT2D eigenvalue weighted by molar-refractivity contribution is -0.140. The van der Waals surface area contributed by atoms with Crippen LogP contribution < -0.4 is 0 Å². The van der Waals surface area contributed by atoms with Gasteiger partial charge < -0.3 is 9.30 Å². The Balaban J connectivity index is 3.39. The third-order valence-electron chi connectivity index (χ3n) is 4.33. The SMILES string of the molecule is CCCCCCCCCCCCOC(=O)CP(=O)(CC)CC. The number of carbonyl (C=O) groups excluding carboxylic acids is 1. The van der Waals surface area contributed by atoms with Crippen LogP contribution >= 0.6 is 7.14 Å². The summed E-state index contributed by atoms with van der Waals surface area (Å²) in [5, 5.41) is 0. The van der Waals surface area contributed by atoms with Gasteiger partial charge in [-0.25, -0.2) is 0 Å². The van der Waals surface area contributed by atoms with Gasteiger partial charge in [-0.05, 0) is 18.7 Å². The molecule has 0 bridgehead atoms. The second kappa shape index (κ2) is 14.3. The number of rotatable bonds is 15. The third-order valence-corrected chi connectivity index (χ3v) is 7.47. The van der Waals surface area contributed by atoms with Gasteiger partial charge in [0.15, 0.2) is 0 Å². The molecule has 0 saturated carbocycles. The first-order chi connectivity index (χ1) is 10.6. The lowest BCUT2D eigenvalue weighted by Crippen LogP contribution is -2.13. The van der Waals surface area contributed by atoms with Gasteiger partial charge in [-0.1, -0.05) is 78.6 Å². The first kappa shape index (κ1) is 21.7. The van der Waals surface area contributed by atoms with Crippen LogP contribution in [0, 0.1) is 0 Å². The van der Waals surface area contributed by atoms with Crippen LogP contribution in [0.2, 0.25) is 0 Å². The molecule has 0 aromatic rings. The topological polar surface area (TPSA) is 43.4 Å². The van der Waals surface area contributed by atoms with Crippen molar-refractivity contribution in [2.24, 2.45) is 0 Å². The predicted molar refractivity (Wildman–Crippen MR) is 96.4 cm³/mol. The molecule has 0 amide bonds. The minimum absolute atomic E-state index is 0.123. The van der Waals surface area contributed by atoms with Crippen LogP contribution in [0.5, 0.6) is 0 Å². The molecule has 0 aliphatic carbocycles. The maximum atomic E-state index is 12.2. The van der Waals surface area contributed by atoms with Gasteiger partial charge in [0.05, 0.1) is 19.9 Å². The second-order valence-electron chi connectivity index (χ2n) is 6.25. The molecular formula is C18H37O3P. The molecule has 0 rings (SSSR count). The summed E-state index contributed by atoms with van der Waals surface area (Å²) in [4.78, 5) is 11.6. The fourth-order valence-corrected chi connectivity index (χ4v) is 3.96. The van der Waals surface area contributed by atoms with Crippen molar-refractivity contribution in [1.29, 1.82) is 0 Å². The smallest absolute Gasteiger partial charge is 0.313 e. The van der Waals surface area contributed by atoms with E-state index in [0.717, 1.165) is 12.8 Å². The molecule has 22 heavy (non-hydrogen) atoms. The Morgan fingerprint density at radius 2 is 1.23 bits per heavy atom. The largest absolute Gasteiger partial charge is 0.465 e. The van der Waals surface area contributed by atoms with E-state index in [9.17, 15) is 9.36 Å². The molecule has 4 heteroatoms. The van der Waals surface area contributed by atoms with Crippen molar-refractivity contribution in [3.05, 3.63) is 0 Å². The summed E-state index contributed by atoms with van der Waals surface area (Å²) in [5.41, 5.74) is 0. The van der Waals surface area contributed by atoms with Crippen LogP contribution in [-0.2, 0) is 14.1 Å². The van der Waals surface area contributed by atoms with Crippen LogP contribution in [0.3, 0.4) is 0 Å². The molecule has 0 fully saturated rings. The van der Waals surface area contributed by atoms with Crippen LogP contribution in [0.15, 0.2) is 0 Å². The Morgan fingerprint density at radius 3 is 1.68 bits per heavy atom. The molecule has 0 atom stereocenters. The number of carbonyl (C=O) groups is 1. The van der Waals surface area contributed by atoms with Gasteiger partial charge in [-0.15, -0.1) is 0 Å². The Bertz CT molecular complexity index is 307. The standard InChI is InChI=1S/C18H37O3P/c1-4-7-8-9-10-11-12-13-14-15-16-21-18(19)17-22(20,5-2)6-3/h4-17H2,1-3H3. The minimum atomic E-state index is -2.29. The van der Waals surface area contributed by atoms with Crippen LogP contribution in [0.25, 0.3) is 0 Å². The zero-order valence-electron chi connectivity index (χ0n) is 15.1. The van der Waals surface area contributed by atoms with Crippen molar-refractivity contribution in [3.8, 4) is 0 Å². The van der Waals surface area contributed by atoms with Crippen molar-refractivity contribution in [2.75, 3.05) is 25.1 Å². The van der Waals surface area contributed by atoms with E-state index in [1.165, 1.54) is 51.4 Å². The third kappa shape index (κ3) is 12.3. The number of esters is 1. The lowest BCUT2D eigenvalue weighted by Gasteiger charge is -2.13. The summed E-state index contributed by atoms with van der Waals surface area (Å²) in [5.74, 6) is -0.275. The Morgan fingerprint density at radius 1 is 0.773 bits per heavy atom. The van der Waals surface area contributed by atoms with Crippen molar-refractivity contribution >= 4 is 13.1 Å². The molecule has 3 nitrogen and oxygen atoms in total. The van der Waals surface area contributed by atoms with E-state index in [1.807, 2.05) is 13.8 Å². The number of ether oxygens (including phenoxy) is 1. The normalized spacial score (nSPS) is 11.6. The van der Waals surface area contributed by atoms with Gasteiger partial charge in [-0.2, -0.15) is 0 Å². The molecule has 0 heterocycles. The number of unbranched alkanes of at least 4 members (excludes halogenated alkanes) is 9. The zero-order chi connectivity index (χ0) is 16.7. The van der Waals surface area contributed by atoms with E-state index in [4.69, 9.17) is 4.74 Å². The average Bonchev–Trinajstić information content (AvgIpc) is 2.52. The van der Waals surface area contributed by atoms with Crippen LogP contribution in [-0.4, -0.2) is 31.1 Å². The van der Waals surface area contributed by atoms with Crippen molar-refractivity contribution in [1.82, 2.24) is 0 Å². The van der Waals surface area contributed by atoms with Gasteiger partial charge >= 0.3 is 5.97 Å². The van der Waals surface area contributed by atoms with E-state index >= 15 is 0 Å². The van der Waals surface area contributed by atoms with E-state index in [1.54, 1.807) is 0 Å². The summed E-state index contributed by atoms with van der Waals surface area (Å²) in [6.07, 6.45) is 14.0. The van der Waals surface area contributed by atoms with Gasteiger partial charge in [0.1, 0.15) is 0 Å². The Hall–Kier alpha value is -0.300. The molecule has 0 aromatic carbocycles. The zero-order valence-corrected chi connectivity index (χ0v) is 16.0. The lowest BCUT2D eigenvalue weighted by atomic mass is 10.1. The molecule has 0 radical (unpaired) electrons. The summed E-state index contributed by atoms with van der Waals surface area (Å²) in [7, 11) is -2.29. The highest BCUT2D eigenvalue weighted by Gasteiger charge is 2.22. The maximum absolute atomic E-state index is 12.2. The van der Waals surface area contributed by atoms with Crippen LogP contribution in [0.1, 0.15) is 85.0 Å². The highest BCUT2D eigenvalue weighted by Crippen LogP contribution is 2.44. The quantitative estimate of drug-likeness (QED) is 0.214. The van der Waals surface area contributed by atoms with Crippen molar-refractivity contribution in [2.45, 2.75) is 85.0 Å². The second-order valence-corrected chi connectivity index (χ2v) is 9.95. The molecule has 0 N–H and O–H groups in total. The highest BCUT2D eigenvalue weighted by atomic mass is 31.2. The molecule has 0 saturated heterocycles. The molecule has 0 spiro atoms. The minimum Gasteiger partial charge on any atom is -0.465 e. The molecule has 132 valence electrons. The fraction of sp³-hybridized carbons (Fsp3) is 0.944. The predicted octanol–water partition coefficient (Wildman–Crippen LogP) is 5.85. The first-order valence-corrected chi connectivity index (χ1v) is 11.6. The molecule has 0 unspecified atom stereocenters. The molecule has 0 aliphatic heterocycles. The van der Waals surface area contributed by atoms with Crippen LogP contribution in [0.4, 0.5) is 0 Å². The summed E-state index contributed by atoms with van der Waals surface area (Å²) in [6.45, 7) is 6.51. The molecule has 0 aromatic heterocycles. The van der Waals surface area contributed by atoms with Gasteiger partial charge in [0.2, 0.25) is 0 Å².